The summed E-state index contributed by atoms with van der Waals surface area (Å²) >= 11 is 0. The number of rotatable bonds is 2. The molecular weight excluding hydrogens is 148 g/mol. The van der Waals surface area contributed by atoms with Gasteiger partial charge in [0, 0.05) is 5.92 Å². The number of allylic oxidation sites excluding steroid dienone is 2. The predicted octanol–water partition coefficient (Wildman–Crippen LogP) is 2.88. The van der Waals surface area contributed by atoms with E-state index in [2.05, 4.69) is 13.2 Å². The molecule has 0 aromatic heterocycles. The summed E-state index contributed by atoms with van der Waals surface area (Å²) < 4.78 is 0. The number of carbonyl (C=O) groups is 1. The van der Waals surface area contributed by atoms with Crippen LogP contribution in [0.1, 0.15) is 32.1 Å². The molecule has 0 amide bonds. The molecule has 1 nitrogen and oxygen atoms in total. The minimum absolute atomic E-state index is 0.0741. The van der Waals surface area contributed by atoms with Crippen molar-refractivity contribution in [2.75, 3.05) is 0 Å². The molecule has 1 aliphatic carbocycles. The molecule has 0 aliphatic heterocycles. The molecule has 0 N–H and O–H groups in total. The Morgan fingerprint density at radius 1 is 1.42 bits per heavy atom. The molecule has 0 radical (unpaired) electrons. The van der Waals surface area contributed by atoms with Gasteiger partial charge < -0.3 is 0 Å². The maximum Gasteiger partial charge on any atom is 0.162 e. The van der Waals surface area contributed by atoms with Gasteiger partial charge in [0.15, 0.2) is 5.78 Å². The Morgan fingerprint density at radius 2 is 2.17 bits per heavy atom. The Labute approximate surface area is 74.2 Å². The monoisotopic (exact) mass is 164 g/mol. The highest BCUT2D eigenvalue weighted by Gasteiger charge is 2.20. The van der Waals surface area contributed by atoms with Crippen molar-refractivity contribution in [3.05, 3.63) is 24.8 Å². The topological polar surface area (TPSA) is 17.1 Å². The van der Waals surface area contributed by atoms with Crippen LogP contribution in [0.15, 0.2) is 24.8 Å². The van der Waals surface area contributed by atoms with Crippen molar-refractivity contribution < 1.29 is 4.79 Å². The van der Waals surface area contributed by atoms with Crippen LogP contribution in [0.4, 0.5) is 0 Å². The quantitative estimate of drug-likeness (QED) is 0.348. The molecule has 0 spiro atoms. The zero-order chi connectivity index (χ0) is 8.97. The van der Waals surface area contributed by atoms with Crippen molar-refractivity contribution in [3.63, 3.8) is 0 Å². The molecule has 1 rings (SSSR count). The third-order valence-electron chi connectivity index (χ3n) is 2.53. The van der Waals surface area contributed by atoms with E-state index in [-0.39, 0.29) is 11.7 Å². The van der Waals surface area contributed by atoms with E-state index in [9.17, 15) is 4.79 Å². The van der Waals surface area contributed by atoms with E-state index in [1.807, 2.05) is 0 Å². The highest BCUT2D eigenvalue weighted by Crippen LogP contribution is 2.27. The average molecular weight is 164 g/mol. The van der Waals surface area contributed by atoms with Crippen molar-refractivity contribution in [1.82, 2.24) is 0 Å². The van der Waals surface area contributed by atoms with Gasteiger partial charge >= 0.3 is 0 Å². The van der Waals surface area contributed by atoms with Crippen LogP contribution >= 0.6 is 0 Å². The van der Waals surface area contributed by atoms with Gasteiger partial charge in [-0.3, -0.25) is 4.79 Å². The maximum atomic E-state index is 11.4. The third-order valence-corrected chi connectivity index (χ3v) is 2.53. The van der Waals surface area contributed by atoms with Gasteiger partial charge in [0.1, 0.15) is 0 Å². The molecule has 0 saturated heterocycles. The van der Waals surface area contributed by atoms with E-state index in [0.717, 1.165) is 24.8 Å². The summed E-state index contributed by atoms with van der Waals surface area (Å²) in [6, 6.07) is 0. The molecule has 12 heavy (non-hydrogen) atoms. The molecule has 66 valence electrons. The largest absolute Gasteiger partial charge is 0.294 e. The number of hydrogen-bond acceptors (Lipinski definition) is 1. The molecule has 0 aromatic rings. The summed E-state index contributed by atoms with van der Waals surface area (Å²) in [6.45, 7) is 7.47. The minimum atomic E-state index is 0.0741. The van der Waals surface area contributed by atoms with Crippen LogP contribution in [0.25, 0.3) is 0 Å². The van der Waals surface area contributed by atoms with E-state index in [1.165, 1.54) is 18.9 Å². The van der Waals surface area contributed by atoms with E-state index < -0.39 is 0 Å². The van der Waals surface area contributed by atoms with Gasteiger partial charge in [0.25, 0.3) is 0 Å². The highest BCUT2D eigenvalue weighted by molar-refractivity contribution is 5.93. The molecule has 0 heterocycles. The van der Waals surface area contributed by atoms with Gasteiger partial charge in [-0.1, -0.05) is 31.6 Å². The van der Waals surface area contributed by atoms with Gasteiger partial charge in [-0.2, -0.15) is 0 Å². The van der Waals surface area contributed by atoms with Crippen LogP contribution < -0.4 is 0 Å². The van der Waals surface area contributed by atoms with E-state index in [1.54, 1.807) is 0 Å². The van der Waals surface area contributed by atoms with Crippen molar-refractivity contribution >= 4 is 5.78 Å². The zero-order valence-corrected chi connectivity index (χ0v) is 7.51. The van der Waals surface area contributed by atoms with Crippen LogP contribution in [-0.4, -0.2) is 5.78 Å². The first-order valence-electron chi connectivity index (χ1n) is 4.59. The summed E-state index contributed by atoms with van der Waals surface area (Å²) in [6.07, 6.45) is 7.01. The average Bonchev–Trinajstić information content (AvgIpc) is 2.28. The SMILES string of the molecule is C=CC(=O)C1CCCCCC1=C. The maximum absolute atomic E-state index is 11.4. The lowest BCUT2D eigenvalue weighted by atomic mass is 9.91. The van der Waals surface area contributed by atoms with Crippen LogP contribution in [0, 0.1) is 5.92 Å². The third kappa shape index (κ3) is 2.07. The number of hydrogen-bond donors (Lipinski definition) is 0. The standard InChI is InChI=1S/C11H16O/c1-3-11(12)10-8-6-4-5-7-9(10)2/h3,10H,1-2,4-8H2. The second-order valence-electron chi connectivity index (χ2n) is 3.42. The Bertz CT molecular complexity index is 203. The molecule has 1 atom stereocenters. The van der Waals surface area contributed by atoms with Gasteiger partial charge in [0.05, 0.1) is 0 Å². The summed E-state index contributed by atoms with van der Waals surface area (Å²) in [5.41, 5.74) is 1.11. The van der Waals surface area contributed by atoms with Gasteiger partial charge in [-0.25, -0.2) is 0 Å². The molecular formula is C11H16O. The Hall–Kier alpha value is -0.850. The first-order chi connectivity index (χ1) is 5.75. The Balaban J connectivity index is 2.65. The van der Waals surface area contributed by atoms with E-state index in [4.69, 9.17) is 0 Å². The lowest BCUT2D eigenvalue weighted by Gasteiger charge is -2.12. The van der Waals surface area contributed by atoms with Crippen LogP contribution in [0.5, 0.6) is 0 Å². The van der Waals surface area contributed by atoms with Crippen molar-refractivity contribution in [3.8, 4) is 0 Å². The van der Waals surface area contributed by atoms with Gasteiger partial charge in [-0.15, -0.1) is 0 Å². The minimum Gasteiger partial charge on any atom is -0.294 e. The van der Waals surface area contributed by atoms with Crippen molar-refractivity contribution in [1.29, 1.82) is 0 Å². The molecule has 0 aromatic carbocycles. The van der Waals surface area contributed by atoms with Crippen LogP contribution in [0.2, 0.25) is 0 Å². The Morgan fingerprint density at radius 3 is 2.83 bits per heavy atom. The lowest BCUT2D eigenvalue weighted by Crippen LogP contribution is -2.12. The summed E-state index contributed by atoms with van der Waals surface area (Å²) in [5.74, 6) is 0.229. The summed E-state index contributed by atoms with van der Waals surface area (Å²) in [7, 11) is 0. The first kappa shape index (κ1) is 9.24. The smallest absolute Gasteiger partial charge is 0.162 e. The van der Waals surface area contributed by atoms with Gasteiger partial charge in [0.2, 0.25) is 0 Å². The normalized spacial score (nSPS) is 24.7. The second kappa shape index (κ2) is 4.24. The molecule has 0 bridgehead atoms. The molecule has 1 unspecified atom stereocenters. The van der Waals surface area contributed by atoms with Crippen molar-refractivity contribution in [2.24, 2.45) is 5.92 Å². The van der Waals surface area contributed by atoms with Crippen LogP contribution in [-0.2, 0) is 4.79 Å². The summed E-state index contributed by atoms with van der Waals surface area (Å²) in [4.78, 5) is 11.4. The Kier molecular flexibility index (Phi) is 3.27. The fourth-order valence-electron chi connectivity index (χ4n) is 1.74. The van der Waals surface area contributed by atoms with Crippen LogP contribution in [0.3, 0.4) is 0 Å². The van der Waals surface area contributed by atoms with Crippen molar-refractivity contribution in [2.45, 2.75) is 32.1 Å². The molecule has 1 saturated carbocycles. The molecule has 1 heteroatoms. The molecule has 1 fully saturated rings. The summed E-state index contributed by atoms with van der Waals surface area (Å²) in [5, 5.41) is 0. The fraction of sp³-hybridized carbons (Fsp3) is 0.545. The number of carbonyl (C=O) groups excluding carboxylic acids is 1. The number of ketones is 1. The lowest BCUT2D eigenvalue weighted by molar-refractivity contribution is -0.117. The van der Waals surface area contributed by atoms with E-state index in [0.29, 0.717) is 0 Å². The molecule has 1 aliphatic rings. The van der Waals surface area contributed by atoms with Gasteiger partial charge in [-0.05, 0) is 25.3 Å². The first-order valence-corrected chi connectivity index (χ1v) is 4.59. The highest BCUT2D eigenvalue weighted by atomic mass is 16.1. The predicted molar refractivity (Wildman–Crippen MR) is 50.9 cm³/mol. The van der Waals surface area contributed by atoms with E-state index >= 15 is 0 Å². The zero-order valence-electron chi connectivity index (χ0n) is 7.51. The second-order valence-corrected chi connectivity index (χ2v) is 3.42. The fourth-order valence-corrected chi connectivity index (χ4v) is 1.74.